The number of carbonyl (C=O) groups excluding carboxylic acids is 2. The van der Waals surface area contributed by atoms with Crippen molar-refractivity contribution < 1.29 is 18.7 Å². The number of hydrogen-bond donors (Lipinski definition) is 1. The van der Waals surface area contributed by atoms with Crippen LogP contribution in [-0.4, -0.2) is 22.5 Å². The third-order valence-electron chi connectivity index (χ3n) is 7.02. The fourth-order valence-corrected chi connectivity index (χ4v) is 5.32. The van der Waals surface area contributed by atoms with Crippen LogP contribution < -0.4 is 5.32 Å². The number of hydrogen-bond acceptors (Lipinski definition) is 3. The fourth-order valence-electron chi connectivity index (χ4n) is 5.32. The highest BCUT2D eigenvalue weighted by atomic mass is 19.1. The van der Waals surface area contributed by atoms with E-state index < -0.39 is 5.83 Å². The topological polar surface area (TPSA) is 60.3 Å². The van der Waals surface area contributed by atoms with Crippen LogP contribution in [0, 0.1) is 0 Å². The summed E-state index contributed by atoms with van der Waals surface area (Å²) in [6, 6.07) is 19.2. The predicted octanol–water partition coefficient (Wildman–Crippen LogP) is 8.15. The number of allylic oxidation sites excluding steroid dienone is 5. The molecule has 1 atom stereocenters. The molecular formula is C34H37FN2O3. The fraction of sp³-hybridized carbons (Fsp3) is 0.294. The van der Waals surface area contributed by atoms with Crippen LogP contribution in [0.2, 0.25) is 0 Å². The van der Waals surface area contributed by atoms with Gasteiger partial charge >= 0.3 is 5.97 Å². The summed E-state index contributed by atoms with van der Waals surface area (Å²) in [4.78, 5) is 26.0. The largest absolute Gasteiger partial charge is 0.462 e. The smallest absolute Gasteiger partial charge is 0.306 e. The molecular weight excluding hydrogens is 503 g/mol. The van der Waals surface area contributed by atoms with E-state index in [1.165, 1.54) is 18.2 Å². The maximum atomic E-state index is 14.2. The van der Waals surface area contributed by atoms with Gasteiger partial charge in [-0.1, -0.05) is 81.1 Å². The Morgan fingerprint density at radius 3 is 2.50 bits per heavy atom. The van der Waals surface area contributed by atoms with E-state index in [0.717, 1.165) is 35.4 Å². The Bertz CT molecular complexity index is 1390. The summed E-state index contributed by atoms with van der Waals surface area (Å²) in [5.41, 5.74) is 4.88. The SMILES string of the molecule is C=C/C=C(F)\C=C/Cc1c(-c2ccccc2)c(C(=O)Nc2ccccc2)c(C(C)C)n1CCC1CCCC(=O)O1. The van der Waals surface area contributed by atoms with Gasteiger partial charge in [-0.2, -0.15) is 0 Å². The van der Waals surface area contributed by atoms with Crippen molar-refractivity contribution in [2.45, 2.75) is 64.5 Å². The Morgan fingerprint density at radius 1 is 1.15 bits per heavy atom. The summed E-state index contributed by atoms with van der Waals surface area (Å²) >= 11 is 0. The number of esters is 1. The molecule has 1 fully saturated rings. The molecule has 40 heavy (non-hydrogen) atoms. The van der Waals surface area contributed by atoms with Crippen molar-refractivity contribution in [1.82, 2.24) is 4.57 Å². The number of nitrogens with one attached hydrogen (secondary N) is 1. The molecule has 0 spiro atoms. The van der Waals surface area contributed by atoms with Gasteiger partial charge in [0.05, 0.1) is 5.56 Å². The first-order chi connectivity index (χ1) is 19.4. The number of rotatable bonds is 11. The second-order valence-electron chi connectivity index (χ2n) is 10.3. The Hall–Kier alpha value is -4.19. The highest BCUT2D eigenvalue weighted by molar-refractivity contribution is 6.10. The zero-order valence-corrected chi connectivity index (χ0v) is 23.2. The molecule has 0 bridgehead atoms. The number of anilines is 1. The summed E-state index contributed by atoms with van der Waals surface area (Å²) in [6.07, 6.45) is 8.89. The van der Waals surface area contributed by atoms with Crippen LogP contribution in [0.3, 0.4) is 0 Å². The van der Waals surface area contributed by atoms with Gasteiger partial charge in [0.1, 0.15) is 11.9 Å². The molecule has 1 unspecified atom stereocenters. The molecule has 0 radical (unpaired) electrons. The van der Waals surface area contributed by atoms with Crippen molar-refractivity contribution in [3.63, 3.8) is 0 Å². The molecule has 1 saturated heterocycles. The molecule has 0 aliphatic carbocycles. The van der Waals surface area contributed by atoms with Crippen LogP contribution in [0.15, 0.2) is 97.4 Å². The molecule has 2 heterocycles. The second kappa shape index (κ2) is 13.7. The molecule has 1 aliphatic heterocycles. The lowest BCUT2D eigenvalue weighted by atomic mass is 9.95. The third-order valence-corrected chi connectivity index (χ3v) is 7.02. The van der Waals surface area contributed by atoms with E-state index in [0.29, 0.717) is 37.1 Å². The van der Waals surface area contributed by atoms with Crippen molar-refractivity contribution >= 4 is 17.6 Å². The van der Waals surface area contributed by atoms with Gasteiger partial charge in [0, 0.05) is 48.4 Å². The first-order valence-corrected chi connectivity index (χ1v) is 13.9. The van der Waals surface area contributed by atoms with E-state index in [1.807, 2.05) is 60.7 Å². The second-order valence-corrected chi connectivity index (χ2v) is 10.3. The van der Waals surface area contributed by atoms with Crippen molar-refractivity contribution in [2.24, 2.45) is 0 Å². The Morgan fingerprint density at radius 2 is 1.85 bits per heavy atom. The van der Waals surface area contributed by atoms with Gasteiger partial charge in [0.25, 0.3) is 5.91 Å². The Kier molecular flexibility index (Phi) is 9.90. The maximum absolute atomic E-state index is 14.2. The minimum atomic E-state index is -0.394. The van der Waals surface area contributed by atoms with Crippen LogP contribution in [0.25, 0.3) is 11.1 Å². The van der Waals surface area contributed by atoms with Crippen LogP contribution in [0.4, 0.5) is 10.1 Å². The van der Waals surface area contributed by atoms with E-state index in [1.54, 1.807) is 6.08 Å². The summed E-state index contributed by atoms with van der Waals surface area (Å²) in [5, 5.41) is 3.09. The van der Waals surface area contributed by atoms with Gasteiger partial charge in [-0.15, -0.1) is 0 Å². The standard InChI is InChI=1S/C34H37FN2O3/c1-4-13-26(35)16-11-20-29-31(25-14-7-5-8-15-25)32(34(39)36-27-17-9-6-10-18-27)33(24(2)3)37(29)23-22-28-19-12-21-30(38)40-28/h4-11,13-18,24,28H,1,12,19-23H2,2-3H3,(H,36,39)/b16-11-,26-13+. The zero-order chi connectivity index (χ0) is 28.5. The molecule has 1 aliphatic rings. The molecule has 2 aromatic carbocycles. The molecule has 3 aromatic rings. The quantitative estimate of drug-likeness (QED) is 0.197. The highest BCUT2D eigenvalue weighted by Crippen LogP contribution is 2.38. The maximum Gasteiger partial charge on any atom is 0.306 e. The van der Waals surface area contributed by atoms with Gasteiger partial charge in [0.2, 0.25) is 0 Å². The molecule has 4 rings (SSSR count). The minimum Gasteiger partial charge on any atom is -0.462 e. The Balaban J connectivity index is 1.86. The van der Waals surface area contributed by atoms with Crippen molar-refractivity contribution in [3.05, 3.63) is 114 Å². The first-order valence-electron chi connectivity index (χ1n) is 13.9. The van der Waals surface area contributed by atoms with Gasteiger partial charge < -0.3 is 14.6 Å². The average Bonchev–Trinajstić information content (AvgIpc) is 3.27. The molecule has 1 amide bonds. The number of cyclic esters (lactones) is 1. The number of para-hydroxylation sites is 1. The average molecular weight is 541 g/mol. The summed E-state index contributed by atoms with van der Waals surface area (Å²) in [5.74, 6) is -0.731. The Labute approximate surface area is 236 Å². The van der Waals surface area contributed by atoms with Crippen LogP contribution >= 0.6 is 0 Å². The number of halogens is 1. The summed E-state index contributed by atoms with van der Waals surface area (Å²) in [7, 11) is 0. The molecule has 6 heteroatoms. The third kappa shape index (κ3) is 7.06. The number of nitrogens with zero attached hydrogens (tertiary/aromatic N) is 1. The highest BCUT2D eigenvalue weighted by Gasteiger charge is 2.30. The minimum absolute atomic E-state index is 0.0167. The molecule has 208 valence electrons. The van der Waals surface area contributed by atoms with Gasteiger partial charge in [-0.25, -0.2) is 4.39 Å². The first kappa shape index (κ1) is 28.8. The van der Waals surface area contributed by atoms with E-state index in [4.69, 9.17) is 4.74 Å². The lowest BCUT2D eigenvalue weighted by molar-refractivity contribution is -0.154. The van der Waals surface area contributed by atoms with Crippen molar-refractivity contribution in [2.75, 3.05) is 5.32 Å². The monoisotopic (exact) mass is 540 g/mol. The van der Waals surface area contributed by atoms with Gasteiger partial charge in [0.15, 0.2) is 0 Å². The van der Waals surface area contributed by atoms with E-state index in [9.17, 15) is 14.0 Å². The molecule has 1 aromatic heterocycles. The lowest BCUT2D eigenvalue weighted by Gasteiger charge is -2.24. The van der Waals surface area contributed by atoms with E-state index >= 15 is 0 Å². The number of aromatic nitrogens is 1. The van der Waals surface area contributed by atoms with Crippen LogP contribution in [-0.2, 0) is 22.5 Å². The van der Waals surface area contributed by atoms with Crippen molar-refractivity contribution in [1.29, 1.82) is 0 Å². The summed E-state index contributed by atoms with van der Waals surface area (Å²) in [6.45, 7) is 8.28. The van der Waals surface area contributed by atoms with Gasteiger partial charge in [-0.05, 0) is 48.6 Å². The molecule has 1 N–H and O–H groups in total. The van der Waals surface area contributed by atoms with Crippen LogP contribution in [0.1, 0.15) is 67.2 Å². The van der Waals surface area contributed by atoms with E-state index in [2.05, 4.69) is 30.3 Å². The molecule has 0 saturated carbocycles. The zero-order valence-electron chi connectivity index (χ0n) is 23.2. The number of carbonyl (C=O) groups is 2. The van der Waals surface area contributed by atoms with Crippen molar-refractivity contribution in [3.8, 4) is 11.1 Å². The lowest BCUT2D eigenvalue weighted by Crippen LogP contribution is -2.25. The van der Waals surface area contributed by atoms with Crippen LogP contribution in [0.5, 0.6) is 0 Å². The van der Waals surface area contributed by atoms with E-state index in [-0.39, 0.29) is 23.9 Å². The number of ether oxygens (including phenoxy) is 1. The number of amides is 1. The normalized spacial score (nSPS) is 15.8. The summed E-state index contributed by atoms with van der Waals surface area (Å²) < 4.78 is 22.0. The predicted molar refractivity (Wildman–Crippen MR) is 159 cm³/mol. The number of benzene rings is 2. The molecule has 5 nitrogen and oxygen atoms in total. The van der Waals surface area contributed by atoms with Gasteiger partial charge in [-0.3, -0.25) is 9.59 Å².